The molecule has 1 aromatic carbocycles. The molecule has 9 heteroatoms. The van der Waals surface area contributed by atoms with Crippen LogP contribution in [-0.4, -0.2) is 52.3 Å². The van der Waals surface area contributed by atoms with E-state index in [1.54, 1.807) is 53.6 Å². The fraction of sp³-hybridized carbons (Fsp3) is 0.192. The number of nitriles is 1. The third-order valence-corrected chi connectivity index (χ3v) is 6.22. The highest BCUT2D eigenvalue weighted by Crippen LogP contribution is 2.28. The Hall–Kier alpha value is -4.16. The first-order valence-electron chi connectivity index (χ1n) is 11.0. The lowest BCUT2D eigenvalue weighted by Crippen LogP contribution is -2.49. The van der Waals surface area contributed by atoms with Crippen molar-refractivity contribution in [3.05, 3.63) is 93.8 Å². The van der Waals surface area contributed by atoms with Crippen LogP contribution in [-0.2, 0) is 11.3 Å². The van der Waals surface area contributed by atoms with Crippen LogP contribution in [0.5, 0.6) is 0 Å². The number of amides is 1. The molecule has 1 fully saturated rings. The number of fused-ring (bicyclic) bond motifs is 1. The molecule has 1 aliphatic rings. The molecule has 3 aromatic rings. The summed E-state index contributed by atoms with van der Waals surface area (Å²) in [5.74, 6) is -0.442. The van der Waals surface area contributed by atoms with Gasteiger partial charge < -0.3 is 9.80 Å². The smallest absolute Gasteiger partial charge is 0.271 e. The number of hydrogen-bond donors (Lipinski definition) is 1. The molecular weight excluding hydrogens is 462 g/mol. The van der Waals surface area contributed by atoms with E-state index in [1.165, 1.54) is 10.6 Å². The van der Waals surface area contributed by atoms with Crippen LogP contribution in [0, 0.1) is 11.3 Å². The average molecular weight is 486 g/mol. The SMILES string of the molecule is C=C/C=C(\S)C(=O)N1CCN(c2c(C#N)c(=O)n(CC(=O)c3ccccc3)c3cccnc23)CC1. The summed E-state index contributed by atoms with van der Waals surface area (Å²) in [6.45, 7) is 4.98. The number of pyridine rings is 2. The second-order valence-corrected chi connectivity index (χ2v) is 8.44. The number of piperazine rings is 1. The van der Waals surface area contributed by atoms with E-state index in [1.807, 2.05) is 17.0 Å². The summed E-state index contributed by atoms with van der Waals surface area (Å²) < 4.78 is 1.31. The summed E-state index contributed by atoms with van der Waals surface area (Å²) in [5.41, 5.74) is 1.23. The van der Waals surface area contributed by atoms with Gasteiger partial charge in [-0.2, -0.15) is 5.26 Å². The Morgan fingerprint density at radius 2 is 1.83 bits per heavy atom. The zero-order valence-electron chi connectivity index (χ0n) is 18.9. The molecule has 0 radical (unpaired) electrons. The third-order valence-electron chi connectivity index (χ3n) is 5.88. The Morgan fingerprint density at radius 1 is 1.11 bits per heavy atom. The van der Waals surface area contributed by atoms with Crippen molar-refractivity contribution in [1.82, 2.24) is 14.5 Å². The van der Waals surface area contributed by atoms with Gasteiger partial charge in [-0.15, -0.1) is 12.6 Å². The molecule has 0 saturated carbocycles. The normalized spacial score (nSPS) is 14.0. The molecule has 3 heterocycles. The van der Waals surface area contributed by atoms with Crippen molar-refractivity contribution in [2.24, 2.45) is 0 Å². The third kappa shape index (κ3) is 4.74. The summed E-state index contributed by atoms with van der Waals surface area (Å²) in [6.07, 6.45) is 4.64. The van der Waals surface area contributed by atoms with Gasteiger partial charge in [-0.1, -0.05) is 43.0 Å². The van der Waals surface area contributed by atoms with Gasteiger partial charge in [-0.3, -0.25) is 23.9 Å². The van der Waals surface area contributed by atoms with Crippen LogP contribution in [0.25, 0.3) is 11.0 Å². The number of allylic oxidation sites excluding steroid dienone is 2. The predicted molar refractivity (Wildman–Crippen MR) is 138 cm³/mol. The van der Waals surface area contributed by atoms with Crippen molar-refractivity contribution >= 4 is 41.0 Å². The van der Waals surface area contributed by atoms with Gasteiger partial charge in [0.25, 0.3) is 11.5 Å². The quantitative estimate of drug-likeness (QED) is 0.250. The van der Waals surface area contributed by atoms with Crippen molar-refractivity contribution in [2.45, 2.75) is 6.54 Å². The van der Waals surface area contributed by atoms with E-state index in [0.717, 1.165) is 0 Å². The number of benzene rings is 1. The molecule has 0 unspecified atom stereocenters. The monoisotopic (exact) mass is 485 g/mol. The largest absolute Gasteiger partial charge is 0.365 e. The van der Waals surface area contributed by atoms with Crippen molar-refractivity contribution < 1.29 is 9.59 Å². The lowest BCUT2D eigenvalue weighted by Gasteiger charge is -2.36. The Morgan fingerprint density at radius 3 is 2.49 bits per heavy atom. The predicted octanol–water partition coefficient (Wildman–Crippen LogP) is 2.80. The van der Waals surface area contributed by atoms with Crippen LogP contribution in [0.1, 0.15) is 15.9 Å². The molecular formula is C26H23N5O3S. The minimum atomic E-state index is -0.544. The fourth-order valence-corrected chi connectivity index (χ4v) is 4.41. The average Bonchev–Trinajstić information content (AvgIpc) is 2.90. The van der Waals surface area contributed by atoms with Gasteiger partial charge in [-0.25, -0.2) is 0 Å². The van der Waals surface area contributed by atoms with Gasteiger partial charge in [0, 0.05) is 37.9 Å². The number of hydrogen-bond acceptors (Lipinski definition) is 7. The lowest BCUT2D eigenvalue weighted by molar-refractivity contribution is -0.126. The van der Waals surface area contributed by atoms with Crippen LogP contribution in [0.2, 0.25) is 0 Å². The van der Waals surface area contributed by atoms with Crippen LogP contribution in [0.4, 0.5) is 5.69 Å². The number of thiol groups is 1. The number of anilines is 1. The van der Waals surface area contributed by atoms with E-state index >= 15 is 0 Å². The molecule has 1 amide bonds. The second-order valence-electron chi connectivity index (χ2n) is 7.95. The standard InChI is InChI=1S/C26H23N5O3S/c1-2-7-22(35)26(34)30-14-12-29(13-15-30)24-19(16-27)25(33)31(20-10-6-11-28-23(20)24)17-21(32)18-8-4-3-5-9-18/h2-11,35H,1,12-15,17H2/b22-7-. The zero-order chi connectivity index (χ0) is 24.9. The molecule has 0 bridgehead atoms. The number of aromatic nitrogens is 2. The number of Topliss-reactive ketones (excluding diaryl/α,β-unsaturated/α-hetero) is 1. The number of nitrogens with zero attached hydrogens (tertiary/aromatic N) is 5. The molecule has 1 saturated heterocycles. The Labute approximate surface area is 207 Å². The van der Waals surface area contributed by atoms with E-state index in [0.29, 0.717) is 53.4 Å². The number of rotatable bonds is 6. The minimum Gasteiger partial charge on any atom is -0.365 e. The van der Waals surface area contributed by atoms with Crippen LogP contribution in [0.3, 0.4) is 0 Å². The second kappa shape index (κ2) is 10.4. The number of ketones is 1. The molecule has 1 aliphatic heterocycles. The van der Waals surface area contributed by atoms with E-state index in [-0.39, 0.29) is 23.8 Å². The zero-order valence-corrected chi connectivity index (χ0v) is 19.8. The van der Waals surface area contributed by atoms with Gasteiger partial charge in [0.05, 0.1) is 22.7 Å². The molecule has 2 aromatic heterocycles. The molecule has 4 rings (SSSR count). The van der Waals surface area contributed by atoms with Gasteiger partial charge in [-0.05, 0) is 18.2 Å². The van der Waals surface area contributed by atoms with Crippen molar-refractivity contribution in [3.63, 3.8) is 0 Å². The van der Waals surface area contributed by atoms with Gasteiger partial charge >= 0.3 is 0 Å². The van der Waals surface area contributed by atoms with Gasteiger partial charge in [0.15, 0.2) is 5.78 Å². The van der Waals surface area contributed by atoms with Crippen molar-refractivity contribution in [2.75, 3.05) is 31.1 Å². The maximum absolute atomic E-state index is 13.4. The maximum Gasteiger partial charge on any atom is 0.271 e. The molecule has 0 atom stereocenters. The van der Waals surface area contributed by atoms with E-state index in [2.05, 4.69) is 24.2 Å². The van der Waals surface area contributed by atoms with Gasteiger partial charge in [0.2, 0.25) is 0 Å². The molecule has 0 spiro atoms. The first-order valence-corrected chi connectivity index (χ1v) is 11.5. The van der Waals surface area contributed by atoms with E-state index < -0.39 is 5.56 Å². The summed E-state index contributed by atoms with van der Waals surface area (Å²) in [7, 11) is 0. The first-order chi connectivity index (χ1) is 17.0. The van der Waals surface area contributed by atoms with Crippen LogP contribution >= 0.6 is 12.6 Å². The molecule has 35 heavy (non-hydrogen) atoms. The fourth-order valence-electron chi connectivity index (χ4n) is 4.16. The van der Waals surface area contributed by atoms with Crippen LogP contribution in [0.15, 0.2) is 77.1 Å². The summed E-state index contributed by atoms with van der Waals surface area (Å²) in [4.78, 5) is 47.2. The maximum atomic E-state index is 13.4. The first kappa shape index (κ1) is 24.0. The minimum absolute atomic E-state index is 0.0710. The van der Waals surface area contributed by atoms with Crippen LogP contribution < -0.4 is 10.5 Å². The van der Waals surface area contributed by atoms with E-state index in [9.17, 15) is 19.6 Å². The highest BCUT2D eigenvalue weighted by Gasteiger charge is 2.28. The van der Waals surface area contributed by atoms with Gasteiger partial charge in [0.1, 0.15) is 17.1 Å². The van der Waals surface area contributed by atoms with Crippen molar-refractivity contribution in [1.29, 1.82) is 5.26 Å². The summed E-state index contributed by atoms with van der Waals surface area (Å²) in [5, 5.41) is 9.94. The number of carbonyl (C=O) groups is 2. The molecule has 0 N–H and O–H groups in total. The Kier molecular flexibility index (Phi) is 7.13. The summed E-state index contributed by atoms with van der Waals surface area (Å²) in [6, 6.07) is 14.2. The van der Waals surface area contributed by atoms with Crippen molar-refractivity contribution in [3.8, 4) is 6.07 Å². The topological polar surface area (TPSA) is 99.3 Å². The van der Waals surface area contributed by atoms with E-state index in [4.69, 9.17) is 0 Å². The molecule has 8 nitrogen and oxygen atoms in total. The lowest BCUT2D eigenvalue weighted by atomic mass is 10.1. The highest BCUT2D eigenvalue weighted by molar-refractivity contribution is 7.85. The number of carbonyl (C=O) groups excluding carboxylic acids is 2. The summed E-state index contributed by atoms with van der Waals surface area (Å²) >= 11 is 4.23. The molecule has 0 aliphatic carbocycles. The highest BCUT2D eigenvalue weighted by atomic mass is 32.1. The Bertz CT molecular complexity index is 1430. The Balaban J connectivity index is 1.71. The molecule has 176 valence electrons.